The average Bonchev–Trinajstić information content (AvgIpc) is 2.23. The van der Waals surface area contributed by atoms with Crippen molar-refractivity contribution in [3.63, 3.8) is 0 Å². The van der Waals surface area contributed by atoms with Gasteiger partial charge in [-0.3, -0.25) is 4.39 Å². The molecule has 16 heavy (non-hydrogen) atoms. The summed E-state index contributed by atoms with van der Waals surface area (Å²) in [6, 6.07) is 0. The van der Waals surface area contributed by atoms with E-state index in [4.69, 9.17) is 0 Å². The fourth-order valence-electron chi connectivity index (χ4n) is 2.25. The highest BCUT2D eigenvalue weighted by atomic mass is 19.1. The molecular weight excluding hydrogens is 203 g/mol. The summed E-state index contributed by atoms with van der Waals surface area (Å²) in [5.74, 6) is 0.743. The number of rotatable bonds is 5. The van der Waals surface area contributed by atoms with Gasteiger partial charge in [0.1, 0.15) is 0 Å². The number of piperidine rings is 1. The van der Waals surface area contributed by atoms with Crippen molar-refractivity contribution < 1.29 is 4.39 Å². The maximum absolute atomic E-state index is 12.1. The summed E-state index contributed by atoms with van der Waals surface area (Å²) in [5.41, 5.74) is 0.210. The van der Waals surface area contributed by atoms with Crippen molar-refractivity contribution in [2.24, 2.45) is 5.92 Å². The van der Waals surface area contributed by atoms with Crippen LogP contribution in [-0.4, -0.2) is 43.3 Å². The Kier molecular flexibility index (Phi) is 5.70. The number of hydrogen-bond donors (Lipinski definition) is 1. The smallest absolute Gasteiger partial charge is 0.0906 e. The van der Waals surface area contributed by atoms with Crippen LogP contribution in [0.2, 0.25) is 0 Å². The first-order chi connectivity index (χ1) is 7.51. The summed E-state index contributed by atoms with van der Waals surface area (Å²) in [5, 5.41) is 3.57. The lowest BCUT2D eigenvalue weighted by Gasteiger charge is -2.34. The molecule has 1 aliphatic rings. The van der Waals surface area contributed by atoms with Gasteiger partial charge >= 0.3 is 0 Å². The molecule has 3 heteroatoms. The minimum Gasteiger partial charge on any atom is -0.312 e. The van der Waals surface area contributed by atoms with Crippen molar-refractivity contribution in [1.29, 1.82) is 0 Å². The summed E-state index contributed by atoms with van der Waals surface area (Å²) in [4.78, 5) is 2.41. The van der Waals surface area contributed by atoms with Crippen LogP contribution < -0.4 is 5.32 Å². The van der Waals surface area contributed by atoms with Crippen molar-refractivity contribution >= 4 is 0 Å². The van der Waals surface area contributed by atoms with Gasteiger partial charge in [-0.1, -0.05) is 0 Å². The molecule has 0 spiro atoms. The van der Waals surface area contributed by atoms with Crippen molar-refractivity contribution in [3.8, 4) is 0 Å². The maximum Gasteiger partial charge on any atom is 0.0906 e. The minimum absolute atomic E-state index is 0.179. The van der Waals surface area contributed by atoms with E-state index in [9.17, 15) is 4.39 Å². The average molecular weight is 230 g/mol. The standard InChI is InChI=1S/C13H27FN2/c1-13(2,3)15-10-12-6-4-8-16(11-12)9-5-7-14/h12,15H,4-11H2,1-3H3. The van der Waals surface area contributed by atoms with Crippen LogP contribution in [0, 0.1) is 5.92 Å². The van der Waals surface area contributed by atoms with Gasteiger partial charge in [-0.05, 0) is 59.0 Å². The maximum atomic E-state index is 12.1. The Morgan fingerprint density at radius 3 is 2.75 bits per heavy atom. The predicted octanol–water partition coefficient (Wildman–Crippen LogP) is 2.45. The van der Waals surface area contributed by atoms with Gasteiger partial charge in [-0.25, -0.2) is 0 Å². The fraction of sp³-hybridized carbons (Fsp3) is 1.00. The van der Waals surface area contributed by atoms with Crippen LogP contribution in [0.5, 0.6) is 0 Å². The molecule has 0 aliphatic carbocycles. The van der Waals surface area contributed by atoms with Crippen molar-refractivity contribution in [2.75, 3.05) is 32.9 Å². The summed E-state index contributed by atoms with van der Waals surface area (Å²) in [7, 11) is 0. The quantitative estimate of drug-likeness (QED) is 0.780. The lowest BCUT2D eigenvalue weighted by molar-refractivity contribution is 0.161. The van der Waals surface area contributed by atoms with Gasteiger partial charge in [0.15, 0.2) is 0 Å². The van der Waals surface area contributed by atoms with E-state index in [1.54, 1.807) is 0 Å². The first kappa shape index (κ1) is 13.9. The zero-order valence-electron chi connectivity index (χ0n) is 11.1. The van der Waals surface area contributed by atoms with Crippen molar-refractivity contribution in [3.05, 3.63) is 0 Å². The van der Waals surface area contributed by atoms with E-state index in [2.05, 4.69) is 31.0 Å². The molecular formula is C13H27FN2. The van der Waals surface area contributed by atoms with E-state index in [0.717, 1.165) is 32.1 Å². The summed E-state index contributed by atoms with van der Waals surface area (Å²) in [6.45, 7) is 10.8. The molecule has 1 rings (SSSR count). The monoisotopic (exact) mass is 230 g/mol. The molecule has 0 amide bonds. The molecule has 1 aliphatic heterocycles. The predicted molar refractivity (Wildman–Crippen MR) is 67.5 cm³/mol. The molecule has 0 aromatic heterocycles. The van der Waals surface area contributed by atoms with Crippen LogP contribution in [-0.2, 0) is 0 Å². The third-order valence-electron chi connectivity index (χ3n) is 3.13. The zero-order chi connectivity index (χ0) is 12.0. The summed E-state index contributed by atoms with van der Waals surface area (Å²) >= 11 is 0. The highest BCUT2D eigenvalue weighted by Crippen LogP contribution is 2.16. The molecule has 1 unspecified atom stereocenters. The van der Waals surface area contributed by atoms with Gasteiger partial charge in [0.2, 0.25) is 0 Å². The normalized spacial score (nSPS) is 23.6. The zero-order valence-corrected chi connectivity index (χ0v) is 11.1. The third kappa shape index (κ3) is 5.80. The molecule has 1 fully saturated rings. The van der Waals surface area contributed by atoms with E-state index >= 15 is 0 Å². The molecule has 1 saturated heterocycles. The highest BCUT2D eigenvalue weighted by Gasteiger charge is 2.20. The Balaban J connectivity index is 2.22. The Hall–Kier alpha value is -0.150. The second-order valence-corrected chi connectivity index (χ2v) is 5.98. The van der Waals surface area contributed by atoms with E-state index in [0.29, 0.717) is 6.42 Å². The Morgan fingerprint density at radius 2 is 2.12 bits per heavy atom. The highest BCUT2D eigenvalue weighted by molar-refractivity contribution is 4.78. The minimum atomic E-state index is -0.179. The molecule has 2 nitrogen and oxygen atoms in total. The summed E-state index contributed by atoms with van der Waals surface area (Å²) < 4.78 is 12.1. The fourth-order valence-corrected chi connectivity index (χ4v) is 2.25. The van der Waals surface area contributed by atoms with Gasteiger partial charge in [-0.15, -0.1) is 0 Å². The van der Waals surface area contributed by atoms with Gasteiger partial charge in [0.25, 0.3) is 0 Å². The molecule has 0 saturated carbocycles. The van der Waals surface area contributed by atoms with E-state index in [1.807, 2.05) is 0 Å². The Morgan fingerprint density at radius 1 is 1.38 bits per heavy atom. The second-order valence-electron chi connectivity index (χ2n) is 5.98. The number of likely N-dealkylation sites (tertiary alicyclic amines) is 1. The van der Waals surface area contributed by atoms with Crippen LogP contribution in [0.1, 0.15) is 40.0 Å². The van der Waals surface area contributed by atoms with Crippen LogP contribution in [0.25, 0.3) is 0 Å². The molecule has 0 aromatic rings. The molecule has 0 bridgehead atoms. The molecule has 0 aromatic carbocycles. The first-order valence-corrected chi connectivity index (χ1v) is 6.54. The molecule has 1 atom stereocenters. The van der Waals surface area contributed by atoms with Crippen molar-refractivity contribution in [1.82, 2.24) is 10.2 Å². The number of nitrogens with one attached hydrogen (secondary N) is 1. The van der Waals surface area contributed by atoms with E-state index in [-0.39, 0.29) is 12.2 Å². The molecule has 96 valence electrons. The lowest BCUT2D eigenvalue weighted by Crippen LogP contribution is -2.44. The van der Waals surface area contributed by atoms with Crippen LogP contribution >= 0.6 is 0 Å². The SMILES string of the molecule is CC(C)(C)NCC1CCCN(CCCF)C1. The summed E-state index contributed by atoms with van der Waals surface area (Å²) in [6.07, 6.45) is 3.28. The van der Waals surface area contributed by atoms with E-state index in [1.165, 1.54) is 12.8 Å². The van der Waals surface area contributed by atoms with Crippen LogP contribution in [0.3, 0.4) is 0 Å². The third-order valence-corrected chi connectivity index (χ3v) is 3.13. The number of nitrogens with zero attached hydrogens (tertiary/aromatic N) is 1. The van der Waals surface area contributed by atoms with Crippen LogP contribution in [0.15, 0.2) is 0 Å². The second kappa shape index (κ2) is 6.55. The largest absolute Gasteiger partial charge is 0.312 e. The van der Waals surface area contributed by atoms with Crippen molar-refractivity contribution in [2.45, 2.75) is 45.6 Å². The van der Waals surface area contributed by atoms with Gasteiger partial charge in [0, 0.05) is 18.6 Å². The van der Waals surface area contributed by atoms with Gasteiger partial charge in [0.05, 0.1) is 6.67 Å². The Bertz CT molecular complexity index is 189. The first-order valence-electron chi connectivity index (χ1n) is 6.54. The topological polar surface area (TPSA) is 15.3 Å². The number of hydrogen-bond acceptors (Lipinski definition) is 2. The molecule has 1 N–H and O–H groups in total. The lowest BCUT2D eigenvalue weighted by atomic mass is 9.96. The number of alkyl halides is 1. The van der Waals surface area contributed by atoms with Gasteiger partial charge in [-0.2, -0.15) is 0 Å². The van der Waals surface area contributed by atoms with E-state index < -0.39 is 0 Å². The Labute approximate surface area is 99.6 Å². The van der Waals surface area contributed by atoms with Gasteiger partial charge < -0.3 is 10.2 Å². The molecule has 1 heterocycles. The molecule has 0 radical (unpaired) electrons. The number of halogens is 1. The van der Waals surface area contributed by atoms with Crippen LogP contribution in [0.4, 0.5) is 4.39 Å².